The van der Waals surface area contributed by atoms with Crippen LogP contribution in [0.4, 0.5) is 4.39 Å². The van der Waals surface area contributed by atoms with Crippen LogP contribution >= 0.6 is 11.3 Å². The van der Waals surface area contributed by atoms with Gasteiger partial charge in [-0.1, -0.05) is 5.16 Å². The third-order valence-electron chi connectivity index (χ3n) is 6.28. The van der Waals surface area contributed by atoms with E-state index in [0.717, 1.165) is 62.0 Å². The number of hydrogen-bond acceptors (Lipinski definition) is 6. The minimum Gasteiger partial charge on any atom is -0.356 e. The highest BCUT2D eigenvalue weighted by molar-refractivity contribution is 7.16. The van der Waals surface area contributed by atoms with Crippen molar-refractivity contribution in [1.82, 2.24) is 15.4 Å². The Morgan fingerprint density at radius 2 is 2.13 bits per heavy atom. The van der Waals surface area contributed by atoms with Gasteiger partial charge in [-0.2, -0.15) is 0 Å². The number of likely N-dealkylation sites (tertiary alicyclic amines) is 1. The lowest BCUT2D eigenvalue weighted by atomic mass is 9.91. The Labute approximate surface area is 183 Å². The number of nitrogens with zero attached hydrogens (tertiary/aromatic N) is 2. The van der Waals surface area contributed by atoms with Crippen molar-refractivity contribution in [2.45, 2.75) is 38.0 Å². The molecule has 0 bridgehead atoms. The summed E-state index contributed by atoms with van der Waals surface area (Å²) >= 11 is 1.32. The number of fused-ring (bicyclic) bond motifs is 2. The van der Waals surface area contributed by atoms with Crippen molar-refractivity contribution < 1.29 is 18.5 Å². The molecule has 1 amide bonds. The maximum Gasteiger partial charge on any atom is 0.261 e. The van der Waals surface area contributed by atoms with Gasteiger partial charge in [0.15, 0.2) is 11.4 Å². The summed E-state index contributed by atoms with van der Waals surface area (Å²) in [5.41, 5.74) is 2.43. The summed E-state index contributed by atoms with van der Waals surface area (Å²) in [4.78, 5) is 28.3. The topological polar surface area (TPSA) is 75.4 Å². The molecule has 4 heterocycles. The highest BCUT2D eigenvalue weighted by atomic mass is 32.1. The molecule has 0 aliphatic carbocycles. The van der Waals surface area contributed by atoms with Gasteiger partial charge >= 0.3 is 0 Å². The molecule has 6 nitrogen and oxygen atoms in total. The van der Waals surface area contributed by atoms with E-state index in [1.54, 1.807) is 6.07 Å². The Hall–Kier alpha value is -2.58. The third-order valence-corrected chi connectivity index (χ3v) is 7.50. The number of aromatic nitrogens is 1. The number of carbonyl (C=O) groups is 2. The Morgan fingerprint density at radius 3 is 2.94 bits per heavy atom. The summed E-state index contributed by atoms with van der Waals surface area (Å²) in [6.45, 7) is 3.42. The number of thiophene rings is 1. The molecule has 0 spiro atoms. The lowest BCUT2D eigenvalue weighted by Gasteiger charge is -2.31. The van der Waals surface area contributed by atoms with E-state index < -0.39 is 0 Å². The van der Waals surface area contributed by atoms with E-state index in [-0.39, 0.29) is 17.5 Å². The van der Waals surface area contributed by atoms with Crippen LogP contribution in [0.3, 0.4) is 0 Å². The highest BCUT2D eigenvalue weighted by Crippen LogP contribution is 2.33. The molecule has 1 N–H and O–H groups in total. The van der Waals surface area contributed by atoms with Crippen LogP contribution in [0, 0.1) is 5.82 Å². The minimum atomic E-state index is -0.314. The number of rotatable bonds is 6. The van der Waals surface area contributed by atoms with Crippen molar-refractivity contribution in [2.24, 2.45) is 0 Å². The van der Waals surface area contributed by atoms with Crippen molar-refractivity contribution in [3.05, 3.63) is 51.1 Å². The van der Waals surface area contributed by atoms with Gasteiger partial charge in [-0.15, -0.1) is 11.3 Å². The second-order valence-corrected chi connectivity index (χ2v) is 9.37. The average Bonchev–Trinajstić information content (AvgIpc) is 3.39. The van der Waals surface area contributed by atoms with E-state index in [2.05, 4.69) is 15.4 Å². The molecule has 162 valence electrons. The monoisotopic (exact) mass is 441 g/mol. The molecule has 3 aromatic rings. The zero-order valence-electron chi connectivity index (χ0n) is 17.2. The van der Waals surface area contributed by atoms with E-state index in [1.165, 1.54) is 23.5 Å². The lowest BCUT2D eigenvalue weighted by molar-refractivity contribution is 0.0948. The van der Waals surface area contributed by atoms with Crippen molar-refractivity contribution in [1.29, 1.82) is 0 Å². The highest BCUT2D eigenvalue weighted by Gasteiger charge is 2.26. The maximum absolute atomic E-state index is 13.4. The molecule has 5 rings (SSSR count). The van der Waals surface area contributed by atoms with E-state index in [0.29, 0.717) is 34.2 Å². The van der Waals surface area contributed by atoms with Gasteiger partial charge < -0.3 is 14.7 Å². The van der Waals surface area contributed by atoms with Crippen LogP contribution in [0.2, 0.25) is 0 Å². The largest absolute Gasteiger partial charge is 0.356 e. The standard InChI is InChI=1S/C23H24FN3O3S/c24-16-3-4-17-19(13-16)30-26-21(17)14-6-10-27(11-7-14)9-1-2-18(28)20-12-15-5-8-25-23(29)22(15)31-20/h3-4,12-14H,1-2,5-11H2,(H,25,29). The number of halogens is 1. The number of nitrogens with one attached hydrogen (secondary N) is 1. The third kappa shape index (κ3) is 4.14. The Morgan fingerprint density at radius 1 is 1.29 bits per heavy atom. The van der Waals surface area contributed by atoms with Gasteiger partial charge in [0.05, 0.1) is 15.4 Å². The molecule has 1 aromatic carbocycles. The van der Waals surface area contributed by atoms with Crippen LogP contribution in [0.5, 0.6) is 0 Å². The van der Waals surface area contributed by atoms with Gasteiger partial charge in [0.25, 0.3) is 5.91 Å². The predicted molar refractivity (Wildman–Crippen MR) is 116 cm³/mol. The van der Waals surface area contributed by atoms with Crippen LogP contribution in [-0.4, -0.2) is 47.9 Å². The summed E-state index contributed by atoms with van der Waals surface area (Å²) < 4.78 is 18.7. The van der Waals surface area contributed by atoms with Crippen LogP contribution in [0.15, 0.2) is 28.8 Å². The van der Waals surface area contributed by atoms with E-state index in [1.807, 2.05) is 6.07 Å². The molecule has 2 aliphatic heterocycles. The van der Waals surface area contributed by atoms with E-state index >= 15 is 0 Å². The number of benzene rings is 1. The zero-order valence-corrected chi connectivity index (χ0v) is 18.0. The molecule has 0 unspecified atom stereocenters. The summed E-state index contributed by atoms with van der Waals surface area (Å²) in [6.07, 6.45) is 4.06. The molecule has 0 radical (unpaired) electrons. The lowest BCUT2D eigenvalue weighted by Crippen LogP contribution is -2.34. The Bertz CT molecular complexity index is 1130. The smallest absolute Gasteiger partial charge is 0.261 e. The molecule has 1 saturated heterocycles. The molecular formula is C23H24FN3O3S. The number of amides is 1. The maximum atomic E-state index is 13.4. The molecule has 0 saturated carbocycles. The van der Waals surface area contributed by atoms with Crippen LogP contribution in [-0.2, 0) is 6.42 Å². The normalized spacial score (nSPS) is 17.6. The molecule has 8 heteroatoms. The van der Waals surface area contributed by atoms with Gasteiger partial charge in [0.2, 0.25) is 0 Å². The van der Waals surface area contributed by atoms with E-state index in [9.17, 15) is 14.0 Å². The van der Waals surface area contributed by atoms with Gasteiger partial charge in [-0.25, -0.2) is 4.39 Å². The Balaban J connectivity index is 1.11. The fourth-order valence-corrected chi connectivity index (χ4v) is 5.67. The van der Waals surface area contributed by atoms with Gasteiger partial charge in [-0.3, -0.25) is 9.59 Å². The molecule has 1 fully saturated rings. The van der Waals surface area contributed by atoms with Crippen molar-refractivity contribution in [3.63, 3.8) is 0 Å². The molecule has 2 aliphatic rings. The zero-order chi connectivity index (χ0) is 21.4. The van der Waals surface area contributed by atoms with Gasteiger partial charge in [-0.05, 0) is 69.1 Å². The molecule has 2 aromatic heterocycles. The fourth-order valence-electron chi connectivity index (χ4n) is 4.58. The second-order valence-electron chi connectivity index (χ2n) is 8.32. The number of hydrogen-bond donors (Lipinski definition) is 1. The summed E-state index contributed by atoms with van der Waals surface area (Å²) in [7, 11) is 0. The Kier molecular flexibility index (Phi) is 5.58. The first-order valence-electron chi connectivity index (χ1n) is 10.8. The molecular weight excluding hydrogens is 417 g/mol. The minimum absolute atomic E-state index is 0.0572. The summed E-state index contributed by atoms with van der Waals surface area (Å²) in [5.74, 6) is 0.0697. The van der Waals surface area contributed by atoms with Crippen molar-refractivity contribution >= 4 is 34.0 Å². The number of piperidine rings is 1. The van der Waals surface area contributed by atoms with Crippen molar-refractivity contribution in [3.8, 4) is 0 Å². The van der Waals surface area contributed by atoms with Gasteiger partial charge in [0, 0.05) is 30.3 Å². The number of carbonyl (C=O) groups excluding carboxylic acids is 2. The SMILES string of the molecule is O=C(CCCN1CCC(c2noc3cc(F)ccc23)CC1)c1cc2c(s1)C(=O)NCC2. The predicted octanol–water partition coefficient (Wildman–Crippen LogP) is 4.16. The number of ketones is 1. The number of Topliss-reactive ketones (excluding diaryl/α,β-unsaturated/α-hetero) is 1. The summed E-state index contributed by atoms with van der Waals surface area (Å²) in [5, 5.41) is 7.93. The van der Waals surface area contributed by atoms with Crippen LogP contribution in [0.25, 0.3) is 11.0 Å². The first-order valence-corrected chi connectivity index (χ1v) is 11.6. The summed E-state index contributed by atoms with van der Waals surface area (Å²) in [6, 6.07) is 6.49. The van der Waals surface area contributed by atoms with Gasteiger partial charge in [0.1, 0.15) is 5.82 Å². The molecule has 0 atom stereocenters. The van der Waals surface area contributed by atoms with E-state index in [4.69, 9.17) is 4.52 Å². The van der Waals surface area contributed by atoms with Crippen LogP contribution < -0.4 is 5.32 Å². The quantitative estimate of drug-likeness (QED) is 0.582. The average molecular weight is 442 g/mol. The van der Waals surface area contributed by atoms with Crippen LogP contribution in [0.1, 0.15) is 62.2 Å². The fraction of sp³-hybridized carbons (Fsp3) is 0.435. The molecule has 31 heavy (non-hydrogen) atoms. The second kappa shape index (κ2) is 8.51. The van der Waals surface area contributed by atoms with Crippen molar-refractivity contribution in [2.75, 3.05) is 26.2 Å². The first kappa shape index (κ1) is 20.3. The first-order chi connectivity index (χ1) is 15.1.